The van der Waals surface area contributed by atoms with Crippen LogP contribution in [0.3, 0.4) is 0 Å². The highest BCUT2D eigenvalue weighted by Gasteiger charge is 2.37. The second-order valence-electron chi connectivity index (χ2n) is 7.09. The number of ether oxygens (including phenoxy) is 2. The van der Waals surface area contributed by atoms with Gasteiger partial charge in [-0.05, 0) is 41.7 Å². The second kappa shape index (κ2) is 9.30. The lowest BCUT2D eigenvalue weighted by Crippen LogP contribution is -2.44. The minimum atomic E-state index is -1.02. The number of aliphatic hydroxyl groups is 3. The SMILES string of the molecule is COC(=O)c1ccc(CCc2cccc(C3OC(CO)CC(O)C3O)c2)cc1. The van der Waals surface area contributed by atoms with Crippen LogP contribution in [0.2, 0.25) is 0 Å². The zero-order valence-electron chi connectivity index (χ0n) is 15.8. The van der Waals surface area contributed by atoms with Gasteiger partial charge in [0.2, 0.25) is 0 Å². The van der Waals surface area contributed by atoms with Crippen LogP contribution in [0.1, 0.15) is 39.6 Å². The van der Waals surface area contributed by atoms with Crippen molar-refractivity contribution in [2.75, 3.05) is 13.7 Å². The minimum Gasteiger partial charge on any atom is -0.465 e. The molecular formula is C22H26O6. The molecule has 0 saturated carbocycles. The van der Waals surface area contributed by atoms with Crippen LogP contribution in [0.25, 0.3) is 0 Å². The Balaban J connectivity index is 1.67. The third-order valence-corrected chi connectivity index (χ3v) is 5.11. The van der Waals surface area contributed by atoms with Crippen molar-refractivity contribution in [2.45, 2.75) is 43.7 Å². The van der Waals surface area contributed by atoms with Crippen LogP contribution in [0, 0.1) is 0 Å². The number of aliphatic hydroxyl groups excluding tert-OH is 3. The highest BCUT2D eigenvalue weighted by Crippen LogP contribution is 2.32. The van der Waals surface area contributed by atoms with E-state index in [1.807, 2.05) is 36.4 Å². The smallest absolute Gasteiger partial charge is 0.337 e. The van der Waals surface area contributed by atoms with Crippen LogP contribution in [0.15, 0.2) is 48.5 Å². The molecule has 3 rings (SSSR count). The predicted molar refractivity (Wildman–Crippen MR) is 103 cm³/mol. The lowest BCUT2D eigenvalue weighted by Gasteiger charge is -2.37. The predicted octanol–water partition coefficient (Wildman–Crippen LogP) is 1.80. The highest BCUT2D eigenvalue weighted by atomic mass is 16.5. The van der Waals surface area contributed by atoms with Crippen LogP contribution < -0.4 is 0 Å². The Labute approximate surface area is 164 Å². The normalized spacial score (nSPS) is 24.7. The summed E-state index contributed by atoms with van der Waals surface area (Å²) in [4.78, 5) is 11.5. The largest absolute Gasteiger partial charge is 0.465 e. The zero-order chi connectivity index (χ0) is 20.1. The van der Waals surface area contributed by atoms with E-state index in [2.05, 4.69) is 0 Å². The molecule has 150 valence electrons. The summed E-state index contributed by atoms with van der Waals surface area (Å²) in [5.74, 6) is -0.353. The molecule has 0 aliphatic carbocycles. The fraction of sp³-hybridized carbons (Fsp3) is 0.409. The summed E-state index contributed by atoms with van der Waals surface area (Å²) in [5, 5.41) is 29.7. The number of aryl methyl sites for hydroxylation is 2. The van der Waals surface area contributed by atoms with Crippen LogP contribution >= 0.6 is 0 Å². The number of hydrogen-bond acceptors (Lipinski definition) is 6. The number of hydrogen-bond donors (Lipinski definition) is 3. The van der Waals surface area contributed by atoms with E-state index in [4.69, 9.17) is 9.47 Å². The Morgan fingerprint density at radius 3 is 2.50 bits per heavy atom. The standard InChI is InChI=1S/C22H26O6/c1-27-22(26)16-9-7-14(8-10-16)5-6-15-3-2-4-17(11-15)21-20(25)19(24)12-18(13-23)28-21/h2-4,7-11,18-21,23-25H,5-6,12-13H2,1H3. The van der Waals surface area contributed by atoms with Gasteiger partial charge in [0.05, 0.1) is 31.5 Å². The molecule has 1 saturated heterocycles. The first-order chi connectivity index (χ1) is 13.5. The molecule has 3 N–H and O–H groups in total. The van der Waals surface area contributed by atoms with Crippen molar-refractivity contribution in [3.05, 3.63) is 70.8 Å². The Morgan fingerprint density at radius 1 is 1.11 bits per heavy atom. The van der Waals surface area contributed by atoms with Gasteiger partial charge in [0.15, 0.2) is 0 Å². The summed E-state index contributed by atoms with van der Waals surface area (Å²) in [6.45, 7) is -0.193. The van der Waals surface area contributed by atoms with E-state index in [1.54, 1.807) is 12.1 Å². The lowest BCUT2D eigenvalue weighted by molar-refractivity contribution is -0.179. The van der Waals surface area contributed by atoms with Crippen LogP contribution in [-0.4, -0.2) is 53.3 Å². The molecule has 0 spiro atoms. The summed E-state index contributed by atoms with van der Waals surface area (Å²) in [6, 6.07) is 15.0. The topological polar surface area (TPSA) is 96.2 Å². The Kier molecular flexibility index (Phi) is 6.80. The van der Waals surface area contributed by atoms with E-state index >= 15 is 0 Å². The molecule has 0 bridgehead atoms. The van der Waals surface area contributed by atoms with Gasteiger partial charge in [-0.25, -0.2) is 4.79 Å². The maximum Gasteiger partial charge on any atom is 0.337 e. The molecule has 1 aliphatic heterocycles. The number of carbonyl (C=O) groups is 1. The molecule has 6 nitrogen and oxygen atoms in total. The number of methoxy groups -OCH3 is 1. The van der Waals surface area contributed by atoms with E-state index in [1.165, 1.54) is 7.11 Å². The van der Waals surface area contributed by atoms with Gasteiger partial charge in [0, 0.05) is 6.42 Å². The average molecular weight is 386 g/mol. The molecule has 1 fully saturated rings. The average Bonchev–Trinajstić information content (AvgIpc) is 2.74. The molecule has 4 unspecified atom stereocenters. The third kappa shape index (κ3) is 4.77. The molecule has 2 aromatic rings. The van der Waals surface area contributed by atoms with Gasteiger partial charge >= 0.3 is 5.97 Å². The Hall–Kier alpha value is -2.25. The van der Waals surface area contributed by atoms with Gasteiger partial charge in [-0.2, -0.15) is 0 Å². The summed E-state index contributed by atoms with van der Waals surface area (Å²) in [6.07, 6.45) is -1.31. The molecule has 1 aliphatic rings. The number of carbonyl (C=O) groups excluding carboxylic acids is 1. The molecule has 0 aromatic heterocycles. The van der Waals surface area contributed by atoms with Gasteiger partial charge in [0.1, 0.15) is 12.2 Å². The van der Waals surface area contributed by atoms with Crippen molar-refractivity contribution >= 4 is 5.97 Å². The molecular weight excluding hydrogens is 360 g/mol. The monoisotopic (exact) mass is 386 g/mol. The Morgan fingerprint density at radius 2 is 1.82 bits per heavy atom. The van der Waals surface area contributed by atoms with E-state index in [0.29, 0.717) is 5.56 Å². The zero-order valence-corrected chi connectivity index (χ0v) is 15.8. The van der Waals surface area contributed by atoms with Gasteiger partial charge in [-0.15, -0.1) is 0 Å². The maximum atomic E-state index is 11.5. The molecule has 0 radical (unpaired) electrons. The molecule has 2 aromatic carbocycles. The van der Waals surface area contributed by atoms with Crippen molar-refractivity contribution in [3.63, 3.8) is 0 Å². The van der Waals surface area contributed by atoms with Crippen molar-refractivity contribution in [1.82, 2.24) is 0 Å². The van der Waals surface area contributed by atoms with Gasteiger partial charge in [-0.1, -0.05) is 36.4 Å². The summed E-state index contributed by atoms with van der Waals surface area (Å²) < 4.78 is 10.5. The Bertz CT molecular complexity index is 788. The number of esters is 1. The van der Waals surface area contributed by atoms with Gasteiger partial charge in [0.25, 0.3) is 0 Å². The number of rotatable bonds is 6. The molecule has 0 amide bonds. The van der Waals surface area contributed by atoms with Crippen molar-refractivity contribution in [1.29, 1.82) is 0 Å². The van der Waals surface area contributed by atoms with Gasteiger partial charge < -0.3 is 24.8 Å². The van der Waals surface area contributed by atoms with Crippen molar-refractivity contribution in [2.24, 2.45) is 0 Å². The van der Waals surface area contributed by atoms with Gasteiger partial charge in [-0.3, -0.25) is 0 Å². The van der Waals surface area contributed by atoms with Crippen LogP contribution in [0.4, 0.5) is 0 Å². The van der Waals surface area contributed by atoms with E-state index < -0.39 is 24.4 Å². The van der Waals surface area contributed by atoms with E-state index in [-0.39, 0.29) is 19.0 Å². The third-order valence-electron chi connectivity index (χ3n) is 5.11. The van der Waals surface area contributed by atoms with Crippen molar-refractivity contribution in [3.8, 4) is 0 Å². The summed E-state index contributed by atoms with van der Waals surface area (Å²) in [7, 11) is 1.36. The molecule has 1 heterocycles. The van der Waals surface area contributed by atoms with Crippen molar-refractivity contribution < 1.29 is 29.6 Å². The number of benzene rings is 2. The molecule has 28 heavy (non-hydrogen) atoms. The maximum absolute atomic E-state index is 11.5. The fourth-order valence-electron chi connectivity index (χ4n) is 3.49. The second-order valence-corrected chi connectivity index (χ2v) is 7.09. The molecule has 6 heteroatoms. The van der Waals surface area contributed by atoms with Crippen LogP contribution in [-0.2, 0) is 22.3 Å². The lowest BCUT2D eigenvalue weighted by atomic mass is 9.92. The van der Waals surface area contributed by atoms with E-state index in [9.17, 15) is 20.1 Å². The fourth-order valence-corrected chi connectivity index (χ4v) is 3.49. The van der Waals surface area contributed by atoms with Crippen LogP contribution in [0.5, 0.6) is 0 Å². The minimum absolute atomic E-state index is 0.193. The first-order valence-electron chi connectivity index (χ1n) is 9.40. The summed E-state index contributed by atoms with van der Waals surface area (Å²) in [5.41, 5.74) is 3.48. The first-order valence-corrected chi connectivity index (χ1v) is 9.40. The summed E-state index contributed by atoms with van der Waals surface area (Å²) >= 11 is 0. The molecule has 4 atom stereocenters. The first kappa shape index (κ1) is 20.5. The quantitative estimate of drug-likeness (QED) is 0.655. The highest BCUT2D eigenvalue weighted by molar-refractivity contribution is 5.89. The van der Waals surface area contributed by atoms with E-state index in [0.717, 1.165) is 29.5 Å².